The number of aromatic carboxylic acids is 1. The standard InChI is InChI=1S/C11H10N2O3/c1-16-10-9(11(14)15)7-12-13(10)8-5-3-2-4-6-8/h2-7H,1H3,(H,14,15). The van der Waals surface area contributed by atoms with Gasteiger partial charge in [-0.3, -0.25) is 0 Å². The molecule has 5 nitrogen and oxygen atoms in total. The van der Waals surface area contributed by atoms with E-state index in [-0.39, 0.29) is 11.4 Å². The lowest BCUT2D eigenvalue weighted by atomic mass is 10.3. The minimum atomic E-state index is -1.06. The van der Waals surface area contributed by atoms with E-state index < -0.39 is 5.97 Å². The number of hydrogen-bond acceptors (Lipinski definition) is 3. The van der Waals surface area contributed by atoms with Gasteiger partial charge in [-0.25, -0.2) is 9.48 Å². The van der Waals surface area contributed by atoms with Crippen LogP contribution in [0, 0.1) is 0 Å². The first-order valence-electron chi connectivity index (χ1n) is 4.64. The summed E-state index contributed by atoms with van der Waals surface area (Å²) in [6.45, 7) is 0. The summed E-state index contributed by atoms with van der Waals surface area (Å²) in [4.78, 5) is 10.9. The van der Waals surface area contributed by atoms with Crippen LogP contribution in [-0.2, 0) is 0 Å². The first kappa shape index (κ1) is 10.2. The van der Waals surface area contributed by atoms with E-state index in [0.717, 1.165) is 5.69 Å². The van der Waals surface area contributed by atoms with Crippen LogP contribution in [0.25, 0.3) is 5.69 Å². The fraction of sp³-hybridized carbons (Fsp3) is 0.0909. The third-order valence-electron chi connectivity index (χ3n) is 2.15. The Balaban J connectivity index is 2.54. The molecular formula is C11H10N2O3. The molecule has 0 radical (unpaired) electrons. The Hall–Kier alpha value is -2.30. The molecule has 0 unspecified atom stereocenters. The Morgan fingerprint density at radius 1 is 1.38 bits per heavy atom. The van der Waals surface area contributed by atoms with Gasteiger partial charge in [-0.05, 0) is 12.1 Å². The van der Waals surface area contributed by atoms with Gasteiger partial charge in [0.1, 0.15) is 5.56 Å². The quantitative estimate of drug-likeness (QED) is 0.849. The first-order chi connectivity index (χ1) is 7.74. The van der Waals surface area contributed by atoms with E-state index >= 15 is 0 Å². The lowest BCUT2D eigenvalue weighted by molar-refractivity contribution is 0.0693. The predicted octanol–water partition coefficient (Wildman–Crippen LogP) is 1.58. The number of para-hydroxylation sites is 1. The van der Waals surface area contributed by atoms with Gasteiger partial charge in [-0.15, -0.1) is 0 Å². The summed E-state index contributed by atoms with van der Waals surface area (Å²) in [5, 5.41) is 12.9. The highest BCUT2D eigenvalue weighted by Gasteiger charge is 2.17. The van der Waals surface area contributed by atoms with E-state index in [1.807, 2.05) is 30.3 Å². The Morgan fingerprint density at radius 3 is 2.62 bits per heavy atom. The SMILES string of the molecule is COc1c(C(=O)O)cnn1-c1ccccc1. The zero-order valence-electron chi connectivity index (χ0n) is 8.62. The molecule has 1 aromatic heterocycles. The number of carboxylic acid groups (broad SMARTS) is 1. The van der Waals surface area contributed by atoms with Gasteiger partial charge in [0, 0.05) is 0 Å². The molecule has 5 heteroatoms. The Labute approximate surface area is 91.9 Å². The molecule has 2 aromatic rings. The zero-order chi connectivity index (χ0) is 11.5. The second-order valence-corrected chi connectivity index (χ2v) is 3.12. The molecule has 0 aliphatic carbocycles. The number of hydrogen-bond donors (Lipinski definition) is 1. The number of carboxylic acids is 1. The first-order valence-corrected chi connectivity index (χ1v) is 4.64. The number of rotatable bonds is 3. The second-order valence-electron chi connectivity index (χ2n) is 3.12. The largest absolute Gasteiger partial charge is 0.480 e. The van der Waals surface area contributed by atoms with Crippen molar-refractivity contribution in [3.63, 3.8) is 0 Å². The third kappa shape index (κ3) is 1.63. The van der Waals surface area contributed by atoms with Crippen LogP contribution in [-0.4, -0.2) is 28.0 Å². The molecule has 1 aromatic carbocycles. The summed E-state index contributed by atoms with van der Waals surface area (Å²) in [7, 11) is 1.42. The number of methoxy groups -OCH3 is 1. The summed E-state index contributed by atoms with van der Waals surface area (Å²) in [6, 6.07) is 9.20. The maximum absolute atomic E-state index is 10.9. The molecule has 82 valence electrons. The van der Waals surface area contributed by atoms with Crippen LogP contribution in [0.1, 0.15) is 10.4 Å². The molecule has 0 amide bonds. The van der Waals surface area contributed by atoms with Crippen molar-refractivity contribution >= 4 is 5.97 Å². The van der Waals surface area contributed by atoms with E-state index in [9.17, 15) is 4.79 Å². The van der Waals surface area contributed by atoms with Crippen LogP contribution in [0.4, 0.5) is 0 Å². The molecule has 0 aliphatic heterocycles. The monoisotopic (exact) mass is 218 g/mol. The van der Waals surface area contributed by atoms with E-state index in [2.05, 4.69) is 5.10 Å². The highest BCUT2D eigenvalue weighted by molar-refractivity contribution is 5.90. The number of carbonyl (C=O) groups is 1. The average molecular weight is 218 g/mol. The Kier molecular flexibility index (Phi) is 2.59. The molecule has 0 atom stereocenters. The van der Waals surface area contributed by atoms with E-state index in [4.69, 9.17) is 9.84 Å². The van der Waals surface area contributed by atoms with E-state index in [1.54, 1.807) is 0 Å². The summed E-state index contributed by atoms with van der Waals surface area (Å²) in [5.74, 6) is -0.835. The van der Waals surface area contributed by atoms with Crippen LogP contribution < -0.4 is 4.74 Å². The number of ether oxygens (including phenoxy) is 1. The van der Waals surface area contributed by atoms with Crippen molar-refractivity contribution in [3.05, 3.63) is 42.1 Å². The van der Waals surface area contributed by atoms with Crippen LogP contribution in [0.15, 0.2) is 36.5 Å². The fourth-order valence-electron chi connectivity index (χ4n) is 1.43. The average Bonchev–Trinajstić information content (AvgIpc) is 2.73. The molecule has 0 spiro atoms. The summed E-state index contributed by atoms with van der Waals surface area (Å²) >= 11 is 0. The zero-order valence-corrected chi connectivity index (χ0v) is 8.62. The maximum atomic E-state index is 10.9. The van der Waals surface area contributed by atoms with Crippen molar-refractivity contribution in [3.8, 4) is 11.6 Å². The van der Waals surface area contributed by atoms with E-state index in [0.29, 0.717) is 0 Å². The summed E-state index contributed by atoms with van der Waals surface area (Å²) < 4.78 is 6.50. The second kappa shape index (κ2) is 4.06. The Morgan fingerprint density at radius 2 is 2.06 bits per heavy atom. The van der Waals surface area contributed by atoms with Crippen LogP contribution >= 0.6 is 0 Å². The van der Waals surface area contributed by atoms with Gasteiger partial charge in [0.25, 0.3) is 0 Å². The van der Waals surface area contributed by atoms with Gasteiger partial charge < -0.3 is 9.84 Å². The highest BCUT2D eigenvalue weighted by Crippen LogP contribution is 2.21. The predicted molar refractivity (Wildman–Crippen MR) is 57.1 cm³/mol. The molecule has 0 aliphatic rings. The normalized spacial score (nSPS) is 10.1. The van der Waals surface area contributed by atoms with Gasteiger partial charge >= 0.3 is 5.97 Å². The number of benzene rings is 1. The van der Waals surface area contributed by atoms with Gasteiger partial charge in [0.2, 0.25) is 5.88 Å². The molecule has 0 fully saturated rings. The van der Waals surface area contributed by atoms with Crippen molar-refractivity contribution < 1.29 is 14.6 Å². The fourth-order valence-corrected chi connectivity index (χ4v) is 1.43. The maximum Gasteiger partial charge on any atom is 0.342 e. The van der Waals surface area contributed by atoms with Crippen molar-refractivity contribution in [1.29, 1.82) is 0 Å². The molecule has 1 N–H and O–H groups in total. The summed E-state index contributed by atoms with van der Waals surface area (Å²) in [5.41, 5.74) is 0.804. The van der Waals surface area contributed by atoms with Crippen molar-refractivity contribution in [1.82, 2.24) is 9.78 Å². The molecular weight excluding hydrogens is 208 g/mol. The molecule has 0 saturated carbocycles. The third-order valence-corrected chi connectivity index (χ3v) is 2.15. The Bertz CT molecular complexity index is 505. The smallest absolute Gasteiger partial charge is 0.342 e. The number of nitrogens with zero attached hydrogens (tertiary/aromatic N) is 2. The van der Waals surface area contributed by atoms with E-state index in [1.165, 1.54) is 18.0 Å². The highest BCUT2D eigenvalue weighted by atomic mass is 16.5. The van der Waals surface area contributed by atoms with Gasteiger partial charge in [0.05, 0.1) is 19.0 Å². The van der Waals surface area contributed by atoms with Crippen molar-refractivity contribution in [2.45, 2.75) is 0 Å². The lowest BCUT2D eigenvalue weighted by Crippen LogP contribution is -2.03. The number of aromatic nitrogens is 2. The molecule has 0 bridgehead atoms. The molecule has 16 heavy (non-hydrogen) atoms. The molecule has 1 heterocycles. The van der Waals surface area contributed by atoms with Crippen LogP contribution in [0.5, 0.6) is 5.88 Å². The minimum absolute atomic E-state index is 0.0475. The van der Waals surface area contributed by atoms with Gasteiger partial charge in [-0.2, -0.15) is 5.10 Å². The molecule has 0 saturated heterocycles. The minimum Gasteiger partial charge on any atom is -0.480 e. The van der Waals surface area contributed by atoms with Gasteiger partial charge in [0.15, 0.2) is 0 Å². The lowest BCUT2D eigenvalue weighted by Gasteiger charge is -2.06. The van der Waals surface area contributed by atoms with Crippen molar-refractivity contribution in [2.75, 3.05) is 7.11 Å². The summed E-state index contributed by atoms with van der Waals surface area (Å²) in [6.07, 6.45) is 1.27. The van der Waals surface area contributed by atoms with Crippen molar-refractivity contribution in [2.24, 2.45) is 0 Å². The van der Waals surface area contributed by atoms with Gasteiger partial charge in [-0.1, -0.05) is 18.2 Å². The molecule has 2 rings (SSSR count). The van der Waals surface area contributed by atoms with Crippen LogP contribution in [0.2, 0.25) is 0 Å². The van der Waals surface area contributed by atoms with Crippen LogP contribution in [0.3, 0.4) is 0 Å². The topological polar surface area (TPSA) is 64.3 Å².